The van der Waals surface area contributed by atoms with Crippen molar-refractivity contribution in [3.63, 3.8) is 0 Å². The summed E-state index contributed by atoms with van der Waals surface area (Å²) in [5, 5.41) is 0. The largest absolute Gasteiger partial charge is 0.103 e. The van der Waals surface area contributed by atoms with E-state index in [0.29, 0.717) is 5.41 Å². The standard InChI is InChI=1S/C17H25I/c1-5-7-13-14-10-9-12(18)11-16(14)17(3,4)15(13)8-6-2/h5,11,13,15H,1,6-10H2,2-4H3. The molecule has 2 rings (SSSR count). The van der Waals surface area contributed by atoms with Crippen molar-refractivity contribution in [2.45, 2.75) is 52.9 Å². The van der Waals surface area contributed by atoms with Gasteiger partial charge in [-0.3, -0.25) is 0 Å². The molecule has 0 aromatic carbocycles. The highest BCUT2D eigenvalue weighted by molar-refractivity contribution is 14.1. The fraction of sp³-hybridized carbons (Fsp3) is 0.647. The Morgan fingerprint density at radius 3 is 2.78 bits per heavy atom. The first-order valence-corrected chi connectivity index (χ1v) is 8.30. The van der Waals surface area contributed by atoms with Crippen molar-refractivity contribution in [3.05, 3.63) is 33.5 Å². The van der Waals surface area contributed by atoms with Crippen molar-refractivity contribution < 1.29 is 0 Å². The number of rotatable bonds is 4. The molecular weight excluding hydrogens is 331 g/mol. The Balaban J connectivity index is 2.41. The van der Waals surface area contributed by atoms with Crippen LogP contribution in [0.1, 0.15) is 52.9 Å². The maximum absolute atomic E-state index is 3.98. The molecule has 0 saturated carbocycles. The molecule has 0 aliphatic heterocycles. The van der Waals surface area contributed by atoms with E-state index in [0.717, 1.165) is 18.3 Å². The lowest BCUT2D eigenvalue weighted by atomic mass is 9.71. The van der Waals surface area contributed by atoms with Gasteiger partial charge in [0.1, 0.15) is 0 Å². The van der Waals surface area contributed by atoms with Crippen LogP contribution in [-0.2, 0) is 0 Å². The lowest BCUT2D eigenvalue weighted by molar-refractivity contribution is 0.219. The highest BCUT2D eigenvalue weighted by Gasteiger charge is 2.46. The van der Waals surface area contributed by atoms with E-state index in [-0.39, 0.29) is 0 Å². The third-order valence-electron chi connectivity index (χ3n) is 4.85. The molecule has 0 nitrogen and oxygen atoms in total. The predicted molar refractivity (Wildman–Crippen MR) is 88.8 cm³/mol. The average molecular weight is 356 g/mol. The second kappa shape index (κ2) is 5.52. The van der Waals surface area contributed by atoms with Crippen LogP contribution >= 0.6 is 22.6 Å². The minimum Gasteiger partial charge on any atom is -0.103 e. The summed E-state index contributed by atoms with van der Waals surface area (Å²) in [4.78, 5) is 0. The maximum Gasteiger partial charge on any atom is -0.00696 e. The van der Waals surface area contributed by atoms with Crippen LogP contribution in [-0.4, -0.2) is 0 Å². The Labute approximate surface area is 126 Å². The van der Waals surface area contributed by atoms with Crippen molar-refractivity contribution in [1.29, 1.82) is 0 Å². The topological polar surface area (TPSA) is 0 Å². The minimum atomic E-state index is 0.357. The number of halogens is 1. The summed E-state index contributed by atoms with van der Waals surface area (Å²) in [7, 11) is 0. The molecule has 0 bridgehead atoms. The lowest BCUT2D eigenvalue weighted by Crippen LogP contribution is -2.25. The number of hydrogen-bond donors (Lipinski definition) is 0. The van der Waals surface area contributed by atoms with E-state index in [2.05, 4.69) is 62.1 Å². The Bertz CT molecular complexity index is 398. The summed E-state index contributed by atoms with van der Waals surface area (Å²) in [5.74, 6) is 1.57. The van der Waals surface area contributed by atoms with Gasteiger partial charge in [-0.1, -0.05) is 38.8 Å². The molecule has 18 heavy (non-hydrogen) atoms. The molecule has 2 aliphatic carbocycles. The van der Waals surface area contributed by atoms with Gasteiger partial charge in [0, 0.05) is 0 Å². The van der Waals surface area contributed by atoms with Crippen LogP contribution in [0, 0.1) is 17.3 Å². The van der Waals surface area contributed by atoms with E-state index >= 15 is 0 Å². The van der Waals surface area contributed by atoms with Gasteiger partial charge in [0.2, 0.25) is 0 Å². The zero-order chi connectivity index (χ0) is 13.3. The van der Waals surface area contributed by atoms with Gasteiger partial charge in [0.15, 0.2) is 0 Å². The molecule has 2 aliphatic rings. The Kier molecular flexibility index (Phi) is 4.40. The van der Waals surface area contributed by atoms with Crippen LogP contribution in [0.4, 0.5) is 0 Å². The van der Waals surface area contributed by atoms with Gasteiger partial charge in [-0.2, -0.15) is 0 Å². The summed E-state index contributed by atoms with van der Waals surface area (Å²) in [6.45, 7) is 11.2. The van der Waals surface area contributed by atoms with E-state index in [1.54, 1.807) is 11.1 Å². The van der Waals surface area contributed by atoms with Crippen LogP contribution < -0.4 is 0 Å². The van der Waals surface area contributed by atoms with E-state index in [1.165, 1.54) is 29.3 Å². The van der Waals surface area contributed by atoms with Crippen molar-refractivity contribution in [2.75, 3.05) is 0 Å². The molecule has 0 aromatic rings. The molecular formula is C17H25I. The van der Waals surface area contributed by atoms with Crippen molar-refractivity contribution >= 4 is 22.6 Å². The average Bonchev–Trinajstić information content (AvgIpc) is 2.52. The van der Waals surface area contributed by atoms with E-state index < -0.39 is 0 Å². The minimum absolute atomic E-state index is 0.357. The maximum atomic E-state index is 3.98. The summed E-state index contributed by atoms with van der Waals surface area (Å²) in [6.07, 6.45) is 10.9. The molecule has 0 spiro atoms. The third-order valence-corrected chi connectivity index (χ3v) is 5.71. The summed E-state index contributed by atoms with van der Waals surface area (Å²) in [5.41, 5.74) is 3.76. The van der Waals surface area contributed by atoms with Crippen LogP contribution in [0.3, 0.4) is 0 Å². The lowest BCUT2D eigenvalue weighted by Gasteiger charge is -2.33. The second-order valence-electron chi connectivity index (χ2n) is 6.28. The van der Waals surface area contributed by atoms with Crippen molar-refractivity contribution in [2.24, 2.45) is 17.3 Å². The Hall–Kier alpha value is -0.0500. The van der Waals surface area contributed by atoms with Crippen molar-refractivity contribution in [1.82, 2.24) is 0 Å². The zero-order valence-corrected chi connectivity index (χ0v) is 14.1. The normalized spacial score (nSPS) is 30.1. The third kappa shape index (κ3) is 2.35. The summed E-state index contributed by atoms with van der Waals surface area (Å²) in [6, 6.07) is 0. The monoisotopic (exact) mass is 356 g/mol. The summed E-state index contributed by atoms with van der Waals surface area (Å²) < 4.78 is 1.54. The highest BCUT2D eigenvalue weighted by atomic mass is 127. The van der Waals surface area contributed by atoms with Crippen LogP contribution in [0.5, 0.6) is 0 Å². The molecule has 0 saturated heterocycles. The molecule has 0 N–H and O–H groups in total. The Morgan fingerprint density at radius 2 is 2.17 bits per heavy atom. The molecule has 1 heteroatoms. The van der Waals surface area contributed by atoms with Gasteiger partial charge in [-0.25, -0.2) is 0 Å². The molecule has 0 aromatic heterocycles. The van der Waals surface area contributed by atoms with Gasteiger partial charge in [0.05, 0.1) is 0 Å². The first-order valence-electron chi connectivity index (χ1n) is 7.22. The Morgan fingerprint density at radius 1 is 1.44 bits per heavy atom. The molecule has 0 fully saturated rings. The van der Waals surface area contributed by atoms with Gasteiger partial charge in [0.25, 0.3) is 0 Å². The fourth-order valence-electron chi connectivity index (χ4n) is 4.00. The smallest absolute Gasteiger partial charge is 0.00696 e. The number of hydrogen-bond acceptors (Lipinski definition) is 0. The fourth-order valence-corrected chi connectivity index (χ4v) is 4.58. The van der Waals surface area contributed by atoms with E-state index in [9.17, 15) is 0 Å². The SMILES string of the molecule is C=CCC1C2=C(C=C(I)CC2)C(C)(C)C1CCC. The molecule has 0 heterocycles. The quantitative estimate of drug-likeness (QED) is 0.425. The predicted octanol–water partition coefficient (Wildman–Crippen LogP) is 6.04. The van der Waals surface area contributed by atoms with Gasteiger partial charge in [-0.05, 0) is 80.8 Å². The van der Waals surface area contributed by atoms with Crippen molar-refractivity contribution in [3.8, 4) is 0 Å². The molecule has 100 valence electrons. The van der Waals surface area contributed by atoms with Gasteiger partial charge < -0.3 is 0 Å². The molecule has 2 unspecified atom stereocenters. The van der Waals surface area contributed by atoms with Gasteiger partial charge in [-0.15, -0.1) is 6.58 Å². The van der Waals surface area contributed by atoms with Crippen LogP contribution in [0.15, 0.2) is 33.5 Å². The second-order valence-corrected chi connectivity index (χ2v) is 7.66. The molecule has 0 radical (unpaired) electrons. The van der Waals surface area contributed by atoms with Crippen LogP contribution in [0.25, 0.3) is 0 Å². The highest BCUT2D eigenvalue weighted by Crippen LogP contribution is 2.57. The van der Waals surface area contributed by atoms with Gasteiger partial charge >= 0.3 is 0 Å². The number of allylic oxidation sites excluding steroid dienone is 5. The van der Waals surface area contributed by atoms with E-state index in [4.69, 9.17) is 0 Å². The van der Waals surface area contributed by atoms with Crippen LogP contribution in [0.2, 0.25) is 0 Å². The summed E-state index contributed by atoms with van der Waals surface area (Å²) >= 11 is 2.51. The molecule has 2 atom stereocenters. The first kappa shape index (κ1) is 14.4. The zero-order valence-electron chi connectivity index (χ0n) is 11.9. The first-order chi connectivity index (χ1) is 8.52. The molecule has 0 amide bonds. The van der Waals surface area contributed by atoms with E-state index in [1.807, 2.05) is 0 Å².